The molecule has 4 rings (SSSR count). The van der Waals surface area contributed by atoms with Gasteiger partial charge in [-0.2, -0.15) is 5.10 Å². The van der Waals surface area contributed by atoms with Gasteiger partial charge in [-0.15, -0.1) is 0 Å². The summed E-state index contributed by atoms with van der Waals surface area (Å²) in [5, 5.41) is 5.42. The summed E-state index contributed by atoms with van der Waals surface area (Å²) in [4.78, 5) is 14.9. The van der Waals surface area contributed by atoms with Gasteiger partial charge < -0.3 is 9.64 Å². The van der Waals surface area contributed by atoms with Crippen molar-refractivity contribution in [1.82, 2.24) is 9.78 Å². The van der Waals surface area contributed by atoms with Gasteiger partial charge in [0, 0.05) is 11.6 Å². The van der Waals surface area contributed by atoms with Gasteiger partial charge in [-0.1, -0.05) is 25.1 Å². The standard InChI is InChI=1S/C20H21N3O4S/c1-14(13-23-17-6-4-3-5-15(17)12-21-23)20(24)22-9-10-27-19-8-7-16(11-18(19)22)28(2,25)26/h3-8,11-12,14H,9-10,13H2,1-2H3. The molecule has 0 fully saturated rings. The Kier molecular flexibility index (Phi) is 4.58. The summed E-state index contributed by atoms with van der Waals surface area (Å²) in [7, 11) is -3.38. The monoisotopic (exact) mass is 399 g/mol. The molecule has 0 spiro atoms. The Morgan fingerprint density at radius 1 is 1.25 bits per heavy atom. The Morgan fingerprint density at radius 2 is 2.04 bits per heavy atom. The maximum Gasteiger partial charge on any atom is 0.231 e. The fourth-order valence-corrected chi connectivity index (χ4v) is 4.07. The maximum absolute atomic E-state index is 13.2. The molecular formula is C20H21N3O4S. The lowest BCUT2D eigenvalue weighted by molar-refractivity contribution is -0.122. The minimum Gasteiger partial charge on any atom is -0.490 e. The number of amides is 1. The molecule has 0 radical (unpaired) electrons. The van der Waals surface area contributed by atoms with Gasteiger partial charge in [0.25, 0.3) is 0 Å². The Morgan fingerprint density at radius 3 is 2.82 bits per heavy atom. The fourth-order valence-electron chi connectivity index (χ4n) is 3.43. The molecule has 2 aromatic carbocycles. The SMILES string of the molecule is CC(Cn1ncc2ccccc21)C(=O)N1CCOc2ccc(S(C)(=O)=O)cc21. The second kappa shape index (κ2) is 6.94. The van der Waals surface area contributed by atoms with E-state index < -0.39 is 9.84 Å². The number of rotatable bonds is 4. The summed E-state index contributed by atoms with van der Waals surface area (Å²) >= 11 is 0. The van der Waals surface area contributed by atoms with Gasteiger partial charge in [-0.3, -0.25) is 9.48 Å². The third kappa shape index (κ3) is 3.35. The average molecular weight is 399 g/mol. The fraction of sp³-hybridized carbons (Fsp3) is 0.300. The number of para-hydroxylation sites is 1. The van der Waals surface area contributed by atoms with Crippen LogP contribution >= 0.6 is 0 Å². The molecule has 0 aliphatic carbocycles. The van der Waals surface area contributed by atoms with Crippen molar-refractivity contribution in [3.8, 4) is 5.75 Å². The number of carbonyl (C=O) groups is 1. The van der Waals surface area contributed by atoms with Crippen molar-refractivity contribution in [3.05, 3.63) is 48.7 Å². The third-order valence-electron chi connectivity index (χ3n) is 4.91. The normalized spacial score (nSPS) is 15.1. The number of fused-ring (bicyclic) bond motifs is 2. The smallest absolute Gasteiger partial charge is 0.231 e. The zero-order chi connectivity index (χ0) is 19.9. The predicted molar refractivity (Wildman–Crippen MR) is 106 cm³/mol. The van der Waals surface area contributed by atoms with E-state index in [4.69, 9.17) is 4.74 Å². The first kappa shape index (κ1) is 18.5. The van der Waals surface area contributed by atoms with Crippen molar-refractivity contribution >= 4 is 32.3 Å². The lowest BCUT2D eigenvalue weighted by Crippen LogP contribution is -2.42. The summed E-state index contributed by atoms with van der Waals surface area (Å²) in [5.74, 6) is 0.0923. The van der Waals surface area contributed by atoms with E-state index in [0.717, 1.165) is 17.2 Å². The molecule has 1 aliphatic rings. The molecular weight excluding hydrogens is 378 g/mol. The molecule has 0 N–H and O–H groups in total. The van der Waals surface area contributed by atoms with Crippen LogP contribution in [-0.4, -0.2) is 43.5 Å². The van der Waals surface area contributed by atoms with Crippen LogP contribution in [0.25, 0.3) is 10.9 Å². The van der Waals surface area contributed by atoms with E-state index in [2.05, 4.69) is 5.10 Å². The van der Waals surface area contributed by atoms with Gasteiger partial charge in [-0.05, 0) is 24.3 Å². The summed E-state index contributed by atoms with van der Waals surface area (Å²) in [6, 6.07) is 12.5. The van der Waals surface area contributed by atoms with Crippen LogP contribution in [0.4, 0.5) is 5.69 Å². The second-order valence-electron chi connectivity index (χ2n) is 7.03. The molecule has 2 heterocycles. The van der Waals surface area contributed by atoms with Crippen LogP contribution in [0.3, 0.4) is 0 Å². The zero-order valence-electron chi connectivity index (χ0n) is 15.7. The number of aromatic nitrogens is 2. The minimum absolute atomic E-state index is 0.0882. The highest BCUT2D eigenvalue weighted by molar-refractivity contribution is 7.90. The number of nitrogens with zero attached hydrogens (tertiary/aromatic N) is 3. The van der Waals surface area contributed by atoms with E-state index in [-0.39, 0.29) is 16.7 Å². The molecule has 7 nitrogen and oxygen atoms in total. The van der Waals surface area contributed by atoms with Crippen LogP contribution in [0.5, 0.6) is 5.75 Å². The summed E-state index contributed by atoms with van der Waals surface area (Å²) in [5.41, 5.74) is 1.47. The Bertz CT molecular complexity index is 1150. The summed E-state index contributed by atoms with van der Waals surface area (Å²) in [6.07, 6.45) is 2.94. The highest BCUT2D eigenvalue weighted by atomic mass is 32.2. The van der Waals surface area contributed by atoms with Gasteiger partial charge in [0.1, 0.15) is 12.4 Å². The Balaban J connectivity index is 1.62. The molecule has 8 heteroatoms. The van der Waals surface area contributed by atoms with Gasteiger partial charge in [-0.25, -0.2) is 8.42 Å². The molecule has 3 aromatic rings. The van der Waals surface area contributed by atoms with Crippen molar-refractivity contribution < 1.29 is 17.9 Å². The molecule has 28 heavy (non-hydrogen) atoms. The predicted octanol–water partition coefficient (Wildman–Crippen LogP) is 2.50. The molecule has 146 valence electrons. The first-order chi connectivity index (χ1) is 13.3. The Labute approximate surface area is 163 Å². The molecule has 1 atom stereocenters. The van der Waals surface area contributed by atoms with Crippen molar-refractivity contribution in [2.75, 3.05) is 24.3 Å². The van der Waals surface area contributed by atoms with Crippen LogP contribution in [0, 0.1) is 5.92 Å². The zero-order valence-corrected chi connectivity index (χ0v) is 16.5. The van der Waals surface area contributed by atoms with Crippen LogP contribution in [0.2, 0.25) is 0 Å². The average Bonchev–Trinajstić information content (AvgIpc) is 3.08. The third-order valence-corrected chi connectivity index (χ3v) is 6.02. The Hall–Kier alpha value is -2.87. The molecule has 0 saturated heterocycles. The first-order valence-electron chi connectivity index (χ1n) is 9.03. The van der Waals surface area contributed by atoms with E-state index in [0.29, 0.717) is 31.1 Å². The highest BCUT2D eigenvalue weighted by Gasteiger charge is 2.29. The van der Waals surface area contributed by atoms with Crippen molar-refractivity contribution in [2.24, 2.45) is 5.92 Å². The van der Waals surface area contributed by atoms with Gasteiger partial charge >= 0.3 is 0 Å². The number of sulfone groups is 1. The number of anilines is 1. The number of carbonyl (C=O) groups excluding carboxylic acids is 1. The van der Waals surface area contributed by atoms with E-state index in [9.17, 15) is 13.2 Å². The van der Waals surface area contributed by atoms with E-state index in [1.54, 1.807) is 17.2 Å². The van der Waals surface area contributed by atoms with Crippen LogP contribution in [0.1, 0.15) is 6.92 Å². The summed E-state index contributed by atoms with van der Waals surface area (Å²) < 4.78 is 31.3. The van der Waals surface area contributed by atoms with Crippen molar-refractivity contribution in [1.29, 1.82) is 0 Å². The topological polar surface area (TPSA) is 81.5 Å². The number of ether oxygens (including phenoxy) is 1. The molecule has 1 aliphatic heterocycles. The van der Waals surface area contributed by atoms with Crippen LogP contribution in [0.15, 0.2) is 53.6 Å². The molecule has 0 bridgehead atoms. The first-order valence-corrected chi connectivity index (χ1v) is 10.9. The lowest BCUT2D eigenvalue weighted by atomic mass is 10.1. The molecule has 1 aromatic heterocycles. The second-order valence-corrected chi connectivity index (χ2v) is 9.04. The van der Waals surface area contributed by atoms with E-state index in [1.807, 2.05) is 35.9 Å². The largest absolute Gasteiger partial charge is 0.490 e. The quantitative estimate of drug-likeness (QED) is 0.673. The van der Waals surface area contributed by atoms with Crippen molar-refractivity contribution in [3.63, 3.8) is 0 Å². The molecule has 0 saturated carbocycles. The van der Waals surface area contributed by atoms with Crippen molar-refractivity contribution in [2.45, 2.75) is 18.4 Å². The minimum atomic E-state index is -3.38. The van der Waals surface area contributed by atoms with Gasteiger partial charge in [0.15, 0.2) is 9.84 Å². The van der Waals surface area contributed by atoms with Gasteiger partial charge in [0.05, 0.1) is 41.3 Å². The van der Waals surface area contributed by atoms with E-state index >= 15 is 0 Å². The lowest BCUT2D eigenvalue weighted by Gasteiger charge is -2.31. The molecule has 1 unspecified atom stereocenters. The van der Waals surface area contributed by atoms with Gasteiger partial charge in [0.2, 0.25) is 5.91 Å². The number of benzene rings is 2. The van der Waals surface area contributed by atoms with Crippen LogP contribution < -0.4 is 9.64 Å². The maximum atomic E-state index is 13.2. The molecule has 1 amide bonds. The van der Waals surface area contributed by atoms with E-state index in [1.165, 1.54) is 12.1 Å². The number of hydrogen-bond acceptors (Lipinski definition) is 5. The number of hydrogen-bond donors (Lipinski definition) is 0. The van der Waals surface area contributed by atoms with Crippen LogP contribution in [-0.2, 0) is 21.2 Å². The summed E-state index contributed by atoms with van der Waals surface area (Å²) in [6.45, 7) is 3.04. The highest BCUT2D eigenvalue weighted by Crippen LogP contribution is 2.34.